The summed E-state index contributed by atoms with van der Waals surface area (Å²) in [4.78, 5) is 0. The first kappa shape index (κ1) is 23.3. The van der Waals surface area contributed by atoms with Crippen molar-refractivity contribution in [2.45, 2.75) is 6.92 Å². The van der Waals surface area contributed by atoms with Crippen LogP contribution in [0.2, 0.25) is 0 Å². The Morgan fingerprint density at radius 1 is 0.667 bits per heavy atom. The molecule has 0 radical (unpaired) electrons. The van der Waals surface area contributed by atoms with E-state index in [1.807, 2.05) is 29.5 Å². The number of hydrogen-bond acceptors (Lipinski definition) is 3. The van der Waals surface area contributed by atoms with E-state index in [1.54, 1.807) is 0 Å². The first-order chi connectivity index (χ1) is 20.7. The van der Waals surface area contributed by atoms with Crippen LogP contribution in [-0.4, -0.2) is 4.57 Å². The van der Waals surface area contributed by atoms with Crippen LogP contribution in [-0.2, 0) is 0 Å². The molecule has 0 N–H and O–H groups in total. The molecule has 0 spiro atoms. The van der Waals surface area contributed by atoms with Crippen LogP contribution in [0.25, 0.3) is 80.7 Å². The summed E-state index contributed by atoms with van der Waals surface area (Å²) in [6.45, 7) is 2.10. The van der Waals surface area contributed by atoms with Crippen LogP contribution in [0.15, 0.2) is 120 Å². The summed E-state index contributed by atoms with van der Waals surface area (Å²) in [5, 5.41) is 17.5. The van der Waals surface area contributed by atoms with Gasteiger partial charge in [-0.05, 0) is 61.0 Å². The van der Waals surface area contributed by atoms with Gasteiger partial charge in [0.05, 0.1) is 22.3 Å². The number of nitrogens with zero attached hydrogens (tertiary/aromatic N) is 2. The second kappa shape index (κ2) is 8.57. The first-order valence-corrected chi connectivity index (χ1v) is 14.8. The van der Waals surface area contributed by atoms with Crippen molar-refractivity contribution in [1.29, 1.82) is 5.26 Å². The van der Waals surface area contributed by atoms with Gasteiger partial charge in [-0.15, -0.1) is 11.3 Å². The summed E-state index contributed by atoms with van der Waals surface area (Å²) >= 11 is 1.82. The average molecular weight is 555 g/mol. The summed E-state index contributed by atoms with van der Waals surface area (Å²) in [5.41, 5.74) is 8.76. The fourth-order valence-electron chi connectivity index (χ4n) is 6.66. The molecular formula is C38H22N2OS. The molecular weight excluding hydrogens is 532 g/mol. The lowest BCUT2D eigenvalue weighted by Gasteiger charge is -2.16. The third-order valence-corrected chi connectivity index (χ3v) is 9.63. The molecule has 196 valence electrons. The van der Waals surface area contributed by atoms with E-state index in [9.17, 15) is 5.26 Å². The maximum Gasteiger partial charge on any atom is 0.135 e. The van der Waals surface area contributed by atoms with Gasteiger partial charge >= 0.3 is 0 Å². The molecule has 0 fully saturated rings. The summed E-state index contributed by atoms with van der Waals surface area (Å²) in [5.74, 6) is 0. The summed E-state index contributed by atoms with van der Waals surface area (Å²) in [6.07, 6.45) is 0. The van der Waals surface area contributed by atoms with E-state index < -0.39 is 0 Å². The molecule has 3 nitrogen and oxygen atoms in total. The molecule has 4 heteroatoms. The van der Waals surface area contributed by atoms with Gasteiger partial charge in [-0.25, -0.2) is 0 Å². The second-order valence-electron chi connectivity index (χ2n) is 10.9. The lowest BCUT2D eigenvalue weighted by atomic mass is 9.97. The number of aromatic nitrogens is 1. The average Bonchev–Trinajstić information content (AvgIpc) is 3.69. The molecule has 0 aliphatic heterocycles. The van der Waals surface area contributed by atoms with E-state index in [0.29, 0.717) is 5.56 Å². The highest BCUT2D eigenvalue weighted by atomic mass is 32.1. The number of para-hydroxylation sites is 2. The molecule has 3 aromatic heterocycles. The molecule has 9 aromatic rings. The van der Waals surface area contributed by atoms with E-state index in [-0.39, 0.29) is 0 Å². The maximum absolute atomic E-state index is 10.5. The largest absolute Gasteiger partial charge is 0.456 e. The van der Waals surface area contributed by atoms with Crippen molar-refractivity contribution < 1.29 is 4.42 Å². The normalized spacial score (nSPS) is 11.9. The van der Waals surface area contributed by atoms with Crippen LogP contribution >= 0.6 is 11.3 Å². The van der Waals surface area contributed by atoms with E-state index in [1.165, 1.54) is 36.5 Å². The zero-order valence-electron chi connectivity index (χ0n) is 22.7. The topological polar surface area (TPSA) is 41.9 Å². The number of hydrogen-bond donors (Lipinski definition) is 0. The molecule has 9 rings (SSSR count). The predicted molar refractivity (Wildman–Crippen MR) is 176 cm³/mol. The lowest BCUT2D eigenvalue weighted by Crippen LogP contribution is -2.01. The van der Waals surface area contributed by atoms with E-state index >= 15 is 0 Å². The van der Waals surface area contributed by atoms with Gasteiger partial charge in [0.25, 0.3) is 0 Å². The number of rotatable bonds is 2. The van der Waals surface area contributed by atoms with Gasteiger partial charge in [-0.2, -0.15) is 5.26 Å². The van der Waals surface area contributed by atoms with Crippen LogP contribution in [0.4, 0.5) is 0 Å². The maximum atomic E-state index is 10.5. The molecule has 0 unspecified atom stereocenters. The van der Waals surface area contributed by atoms with E-state index in [4.69, 9.17) is 4.42 Å². The van der Waals surface area contributed by atoms with Crippen molar-refractivity contribution >= 4 is 75.3 Å². The van der Waals surface area contributed by atoms with Gasteiger partial charge < -0.3 is 8.98 Å². The SMILES string of the molecule is Cc1ccc2oc3ccc(-c4cccc(C#N)c4-n4c5ccccc5c5ccc6sc7ccccc7c6c54)cc3c2c1. The Morgan fingerprint density at radius 3 is 2.33 bits per heavy atom. The lowest BCUT2D eigenvalue weighted by molar-refractivity contribution is 0.669. The monoisotopic (exact) mass is 554 g/mol. The number of thiophene rings is 1. The molecule has 6 aromatic carbocycles. The first-order valence-electron chi connectivity index (χ1n) is 14.0. The standard InChI is InChI=1S/C38H22N2OS/c1-22-13-16-32-29(19-22)30-20-23(14-17-33(30)41-32)25-10-6-7-24(21-39)37(25)40-31-11-4-2-8-26(31)27-15-18-35-36(38(27)40)28-9-3-5-12-34(28)42-35/h2-20H,1H3. The van der Waals surface area contributed by atoms with Crippen molar-refractivity contribution in [3.8, 4) is 22.9 Å². The fraction of sp³-hybridized carbons (Fsp3) is 0.0263. The Hall–Kier alpha value is -5.37. The number of furan rings is 1. The van der Waals surface area contributed by atoms with Crippen molar-refractivity contribution in [3.63, 3.8) is 0 Å². The van der Waals surface area contributed by atoms with E-state index in [2.05, 4.69) is 115 Å². The van der Waals surface area contributed by atoms with Gasteiger partial charge in [0, 0.05) is 47.3 Å². The minimum atomic E-state index is 0.639. The molecule has 0 aliphatic carbocycles. The zero-order valence-corrected chi connectivity index (χ0v) is 23.5. The van der Waals surface area contributed by atoms with E-state index in [0.717, 1.165) is 49.8 Å². The highest BCUT2D eigenvalue weighted by Gasteiger charge is 2.22. The third kappa shape index (κ3) is 3.14. The summed E-state index contributed by atoms with van der Waals surface area (Å²) < 4.78 is 11.0. The van der Waals surface area contributed by atoms with Gasteiger partial charge in [0.15, 0.2) is 0 Å². The molecule has 0 aliphatic rings. The van der Waals surface area contributed by atoms with Crippen molar-refractivity contribution in [2.24, 2.45) is 0 Å². The minimum Gasteiger partial charge on any atom is -0.456 e. The van der Waals surface area contributed by atoms with Crippen molar-refractivity contribution in [1.82, 2.24) is 4.57 Å². The van der Waals surface area contributed by atoms with Gasteiger partial charge in [-0.3, -0.25) is 0 Å². The molecule has 42 heavy (non-hydrogen) atoms. The second-order valence-corrected chi connectivity index (χ2v) is 12.0. The molecule has 0 saturated carbocycles. The molecule has 3 heterocycles. The van der Waals surface area contributed by atoms with Crippen LogP contribution in [0.1, 0.15) is 11.1 Å². The highest BCUT2D eigenvalue weighted by Crippen LogP contribution is 2.45. The Morgan fingerprint density at radius 2 is 1.45 bits per heavy atom. The quantitative estimate of drug-likeness (QED) is 0.213. The number of nitriles is 1. The highest BCUT2D eigenvalue weighted by molar-refractivity contribution is 7.26. The molecule has 0 amide bonds. The Labute approximate surface area is 245 Å². The summed E-state index contributed by atoms with van der Waals surface area (Å²) in [6, 6.07) is 42.9. The van der Waals surface area contributed by atoms with Gasteiger partial charge in [0.2, 0.25) is 0 Å². The van der Waals surface area contributed by atoms with Gasteiger partial charge in [-0.1, -0.05) is 72.3 Å². The van der Waals surface area contributed by atoms with Crippen LogP contribution in [0, 0.1) is 18.3 Å². The van der Waals surface area contributed by atoms with Crippen LogP contribution < -0.4 is 0 Å². The molecule has 0 atom stereocenters. The van der Waals surface area contributed by atoms with Gasteiger partial charge in [0.1, 0.15) is 17.2 Å². The Kier molecular flexibility index (Phi) is 4.76. The van der Waals surface area contributed by atoms with Crippen LogP contribution in [0.3, 0.4) is 0 Å². The van der Waals surface area contributed by atoms with Crippen LogP contribution in [0.5, 0.6) is 0 Å². The minimum absolute atomic E-state index is 0.639. The number of aryl methyl sites for hydroxylation is 1. The van der Waals surface area contributed by atoms with Crippen molar-refractivity contribution in [2.75, 3.05) is 0 Å². The zero-order chi connectivity index (χ0) is 27.9. The molecule has 0 bridgehead atoms. The fourth-order valence-corrected chi connectivity index (χ4v) is 7.77. The Balaban J connectivity index is 1.45. The molecule has 0 saturated heterocycles. The summed E-state index contributed by atoms with van der Waals surface area (Å²) in [7, 11) is 0. The third-order valence-electron chi connectivity index (χ3n) is 8.49. The van der Waals surface area contributed by atoms with Crippen molar-refractivity contribution in [3.05, 3.63) is 126 Å². The number of benzene rings is 6. The predicted octanol–water partition coefficient (Wildman–Crippen LogP) is 10.9. The number of fused-ring (bicyclic) bond motifs is 10. The smallest absolute Gasteiger partial charge is 0.135 e. The Bertz CT molecular complexity index is 2610.